The third-order valence-corrected chi connectivity index (χ3v) is 11.6. The minimum atomic E-state index is -0.782. The first-order valence-electron chi connectivity index (χ1n) is 27.1. The Hall–Kier alpha value is -8.39. The quantitative estimate of drug-likeness (QED) is 0.0347. The zero-order valence-corrected chi connectivity index (χ0v) is 48.3. The Balaban J connectivity index is 0.000000385. The summed E-state index contributed by atoms with van der Waals surface area (Å²) in [7, 11) is 0. The van der Waals surface area contributed by atoms with E-state index in [-0.39, 0.29) is 127 Å². The van der Waals surface area contributed by atoms with Gasteiger partial charge in [0.1, 0.15) is 19.8 Å². The summed E-state index contributed by atoms with van der Waals surface area (Å²) in [6, 6.07) is 6.56. The smallest absolute Gasteiger partial charge is 0.347 e. The molecule has 1 aromatic carbocycles. The number of cyclic esters (lactones) is 1. The number of carbonyl (C=O) groups excluding carboxylic acids is 13. The predicted molar refractivity (Wildman–Crippen MR) is 293 cm³/mol. The Kier molecular flexibility index (Phi) is 34.1. The van der Waals surface area contributed by atoms with Gasteiger partial charge in [-0.05, 0) is 65.5 Å². The summed E-state index contributed by atoms with van der Waals surface area (Å²) >= 11 is 0. The molecule has 4 aliphatic rings. The van der Waals surface area contributed by atoms with Crippen LogP contribution in [0.15, 0.2) is 72.9 Å². The van der Waals surface area contributed by atoms with E-state index in [0.29, 0.717) is 72.1 Å². The fraction of sp³-hybridized carbons (Fsp3) is 0.534. The summed E-state index contributed by atoms with van der Waals surface area (Å²) in [6.07, 6.45) is 2.07. The standard InChI is InChI=1S/C18H19NO6.C14H19NO6.C14H23NO5.C12H16O6/c1-12(2)18(23)25-10-5-8-15(20)24-11-9-19-16(21)13-6-3-4-7-14(13)17(19)22;1-10(2)14(19)21-8-3-4-13(18)20-9-7-15-11(16)5-6-12(15)17;1-12(2)14(17)20-8-3-4-13(16)19-11-7-15-5-9-18-10-6-15;1-8(2)11(14)16-6-3-4-10(13)18-9-5-7-17-12(9)15/h3-4,6-7H,1,5,8-11H2,2H3;1,3-9H2,2H3;1,3-11H2,2H3;9H,1,3-7H2,2H3. The number of nitrogens with zero attached hydrogens (tertiary/aromatic N) is 3. The largest absolute Gasteiger partial charge is 0.464 e. The van der Waals surface area contributed by atoms with Gasteiger partial charge in [-0.3, -0.25) is 53.1 Å². The molecule has 26 heteroatoms. The normalized spacial score (nSPS) is 15.0. The number of rotatable bonds is 30. The fourth-order valence-corrected chi connectivity index (χ4v) is 6.97. The highest BCUT2D eigenvalue weighted by atomic mass is 16.6. The number of likely N-dealkylation sites (tertiary alicyclic amines) is 1. The first-order valence-corrected chi connectivity index (χ1v) is 27.1. The summed E-state index contributed by atoms with van der Waals surface area (Å²) in [4.78, 5) is 152. The lowest BCUT2D eigenvalue weighted by Gasteiger charge is -2.26. The Morgan fingerprint density at radius 3 is 1.19 bits per heavy atom. The van der Waals surface area contributed by atoms with E-state index in [1.807, 2.05) is 0 Å². The zero-order chi connectivity index (χ0) is 62.6. The molecule has 0 aromatic heterocycles. The second-order valence-electron chi connectivity index (χ2n) is 18.9. The number of benzene rings is 1. The Bertz CT molecular complexity index is 2500. The summed E-state index contributed by atoms with van der Waals surface area (Å²) in [5, 5.41) is 0. The lowest BCUT2D eigenvalue weighted by atomic mass is 10.1. The summed E-state index contributed by atoms with van der Waals surface area (Å²) < 4.78 is 49.2. The molecule has 3 fully saturated rings. The monoisotopic (exact) mass is 1180 g/mol. The van der Waals surface area contributed by atoms with Crippen molar-refractivity contribution in [3.63, 3.8) is 0 Å². The zero-order valence-electron chi connectivity index (χ0n) is 48.3. The predicted octanol–water partition coefficient (Wildman–Crippen LogP) is 3.81. The van der Waals surface area contributed by atoms with E-state index in [1.54, 1.807) is 38.1 Å². The van der Waals surface area contributed by atoms with Gasteiger partial charge in [0.2, 0.25) is 17.9 Å². The third kappa shape index (κ3) is 29.0. The lowest BCUT2D eigenvalue weighted by Crippen LogP contribution is -2.38. The molecule has 26 nitrogen and oxygen atoms in total. The topological polar surface area (TPSA) is 324 Å². The van der Waals surface area contributed by atoms with Crippen molar-refractivity contribution >= 4 is 77.4 Å². The van der Waals surface area contributed by atoms with Crippen molar-refractivity contribution in [3.8, 4) is 0 Å². The molecular weight excluding hydrogens is 1110 g/mol. The van der Waals surface area contributed by atoms with Crippen LogP contribution in [-0.2, 0) is 100 Å². The van der Waals surface area contributed by atoms with E-state index >= 15 is 0 Å². The van der Waals surface area contributed by atoms with E-state index in [2.05, 4.69) is 36.0 Å². The van der Waals surface area contributed by atoms with Crippen molar-refractivity contribution < 1.29 is 110 Å². The van der Waals surface area contributed by atoms with Crippen LogP contribution in [0.3, 0.4) is 0 Å². The molecule has 0 radical (unpaired) electrons. The molecule has 5 rings (SSSR count). The molecular formula is C58H77N3O23. The first kappa shape index (κ1) is 71.7. The Morgan fingerprint density at radius 2 is 0.833 bits per heavy atom. The van der Waals surface area contributed by atoms with Crippen LogP contribution in [0.4, 0.5) is 0 Å². The SMILES string of the molecule is C=C(C)C(=O)OCCCC(=O)OC1CCOC1=O.C=C(C)C(=O)OCCCC(=O)OCCN1C(=O)CCC1=O.C=C(C)C(=O)OCCCC(=O)OCCN1C(=O)c2ccccc2C1=O.C=C(C)C(=O)OCCCC(=O)OCCN1CCOCC1. The van der Waals surface area contributed by atoms with Crippen LogP contribution < -0.4 is 0 Å². The van der Waals surface area contributed by atoms with E-state index < -0.39 is 53.9 Å². The molecule has 0 aliphatic carbocycles. The van der Waals surface area contributed by atoms with E-state index in [4.69, 9.17) is 42.6 Å². The molecule has 0 N–H and O–H groups in total. The highest BCUT2D eigenvalue weighted by Crippen LogP contribution is 2.22. The van der Waals surface area contributed by atoms with Gasteiger partial charge in [0.25, 0.3) is 11.8 Å². The van der Waals surface area contributed by atoms with Crippen LogP contribution in [0, 0.1) is 0 Å². The van der Waals surface area contributed by atoms with Crippen molar-refractivity contribution in [2.75, 3.05) is 98.8 Å². The second kappa shape index (κ2) is 39.9. The Morgan fingerprint density at radius 1 is 0.476 bits per heavy atom. The number of fused-ring (bicyclic) bond motifs is 1. The molecule has 0 bridgehead atoms. The van der Waals surface area contributed by atoms with Crippen LogP contribution in [0.5, 0.6) is 0 Å². The number of hydrogen-bond acceptors (Lipinski definition) is 24. The van der Waals surface area contributed by atoms with Crippen LogP contribution in [0.25, 0.3) is 0 Å². The number of imide groups is 2. The second-order valence-corrected chi connectivity index (χ2v) is 18.9. The van der Waals surface area contributed by atoms with E-state index in [0.717, 1.165) is 42.6 Å². The van der Waals surface area contributed by atoms with Gasteiger partial charge in [0, 0.05) is 86.9 Å². The van der Waals surface area contributed by atoms with E-state index in [1.165, 1.54) is 13.8 Å². The van der Waals surface area contributed by atoms with Crippen molar-refractivity contribution in [1.29, 1.82) is 0 Å². The van der Waals surface area contributed by atoms with Crippen LogP contribution in [-0.4, -0.2) is 197 Å². The van der Waals surface area contributed by atoms with Gasteiger partial charge in [-0.2, -0.15) is 0 Å². The lowest BCUT2D eigenvalue weighted by molar-refractivity contribution is -0.160. The fourth-order valence-electron chi connectivity index (χ4n) is 6.97. The molecule has 4 amide bonds. The molecule has 3 saturated heterocycles. The maximum Gasteiger partial charge on any atom is 0.347 e. The van der Waals surface area contributed by atoms with Crippen molar-refractivity contribution in [3.05, 3.63) is 84.0 Å². The maximum atomic E-state index is 12.1. The third-order valence-electron chi connectivity index (χ3n) is 11.6. The van der Waals surface area contributed by atoms with Crippen LogP contribution >= 0.6 is 0 Å². The minimum absolute atomic E-state index is 0.00271. The summed E-state index contributed by atoms with van der Waals surface area (Å²) in [6.45, 7) is 25.2. The molecule has 84 heavy (non-hydrogen) atoms. The van der Waals surface area contributed by atoms with Gasteiger partial charge in [-0.1, -0.05) is 38.4 Å². The van der Waals surface area contributed by atoms with Crippen molar-refractivity contribution in [2.45, 2.75) is 104 Å². The number of hydrogen-bond donors (Lipinski definition) is 0. The van der Waals surface area contributed by atoms with E-state index in [9.17, 15) is 62.3 Å². The van der Waals surface area contributed by atoms with Gasteiger partial charge in [0.15, 0.2) is 0 Å². The van der Waals surface area contributed by atoms with Gasteiger partial charge in [-0.25, -0.2) is 24.0 Å². The van der Waals surface area contributed by atoms with Gasteiger partial charge in [0.05, 0.1) is 70.5 Å². The number of esters is 9. The highest BCUT2D eigenvalue weighted by Gasteiger charge is 2.35. The molecule has 0 spiro atoms. The summed E-state index contributed by atoms with van der Waals surface area (Å²) in [5.74, 6) is -5.34. The van der Waals surface area contributed by atoms with Gasteiger partial charge in [-0.15, -0.1) is 0 Å². The van der Waals surface area contributed by atoms with Crippen molar-refractivity contribution in [2.24, 2.45) is 0 Å². The molecule has 462 valence electrons. The number of amides is 4. The summed E-state index contributed by atoms with van der Waals surface area (Å²) in [5.41, 5.74) is 1.99. The Labute approximate surface area is 487 Å². The van der Waals surface area contributed by atoms with Gasteiger partial charge >= 0.3 is 53.7 Å². The van der Waals surface area contributed by atoms with Crippen LogP contribution in [0.2, 0.25) is 0 Å². The maximum absolute atomic E-state index is 12.1. The molecule has 1 unspecified atom stereocenters. The molecule has 1 atom stereocenters. The average Bonchev–Trinajstić information content (AvgIpc) is 4.29. The molecule has 4 heterocycles. The van der Waals surface area contributed by atoms with Crippen LogP contribution in [0.1, 0.15) is 119 Å². The number of morpholine rings is 1. The molecule has 1 aromatic rings. The number of ether oxygens (including phenoxy) is 10. The molecule has 4 aliphatic heterocycles. The highest BCUT2D eigenvalue weighted by molar-refractivity contribution is 6.21. The minimum Gasteiger partial charge on any atom is -0.464 e. The van der Waals surface area contributed by atoms with Gasteiger partial charge < -0.3 is 47.4 Å². The first-order chi connectivity index (χ1) is 39.9. The van der Waals surface area contributed by atoms with Crippen molar-refractivity contribution in [1.82, 2.24) is 14.7 Å². The number of carbonyl (C=O) groups is 13. The average molecular weight is 1180 g/mol. The molecule has 0 saturated carbocycles.